The minimum Gasteiger partial charge on any atom is -0.423 e. The lowest BCUT2D eigenvalue weighted by Crippen LogP contribution is -2.30. The molecule has 0 aliphatic heterocycles. The molecule has 1 unspecified atom stereocenters. The van der Waals surface area contributed by atoms with E-state index in [-0.39, 0.29) is 6.04 Å². The Morgan fingerprint density at radius 1 is 0.846 bits per heavy atom. The molecular weight excluding hydrogens is 486 g/mol. The molecule has 5 nitrogen and oxygen atoms in total. The molecule has 0 bridgehead atoms. The minimum absolute atomic E-state index is 0.0429. The first kappa shape index (κ1) is 25.7. The third-order valence-corrected chi connectivity index (χ3v) is 6.88. The summed E-state index contributed by atoms with van der Waals surface area (Å²) < 4.78 is 11.1. The smallest absolute Gasteiger partial charge is 0.335 e. The molecule has 5 heteroatoms. The number of aryl methyl sites for hydroxylation is 1. The molecule has 0 aromatic heterocycles. The summed E-state index contributed by atoms with van der Waals surface area (Å²) in [5.74, 6) is -0.00858. The SMILES string of the molecule is C=CC(=O)Oc1cccc2c1C=CCC2N(Cc1ccc(C)cc1)c1cccc2c(OC(=O)C=C)cccc12. The maximum atomic E-state index is 12.0. The Bertz CT molecular complexity index is 1600. The van der Waals surface area contributed by atoms with Crippen LogP contribution in [0.15, 0.2) is 110 Å². The van der Waals surface area contributed by atoms with Crippen molar-refractivity contribution in [2.24, 2.45) is 0 Å². The van der Waals surface area contributed by atoms with E-state index in [4.69, 9.17) is 9.47 Å². The number of nitrogens with zero attached hydrogens (tertiary/aromatic N) is 1. The molecule has 194 valence electrons. The molecule has 4 aromatic rings. The van der Waals surface area contributed by atoms with E-state index in [0.717, 1.165) is 45.6 Å². The molecule has 0 N–H and O–H groups in total. The Kier molecular flexibility index (Phi) is 7.41. The van der Waals surface area contributed by atoms with Gasteiger partial charge in [0.05, 0.1) is 6.04 Å². The largest absolute Gasteiger partial charge is 0.423 e. The first-order valence-corrected chi connectivity index (χ1v) is 12.8. The number of carbonyl (C=O) groups is 2. The lowest BCUT2D eigenvalue weighted by atomic mass is 9.89. The predicted molar refractivity (Wildman–Crippen MR) is 156 cm³/mol. The van der Waals surface area contributed by atoms with Crippen LogP contribution in [0, 0.1) is 6.92 Å². The zero-order valence-electron chi connectivity index (χ0n) is 21.8. The third-order valence-electron chi connectivity index (χ3n) is 6.88. The maximum absolute atomic E-state index is 12.0. The van der Waals surface area contributed by atoms with Gasteiger partial charge < -0.3 is 14.4 Å². The number of hydrogen-bond acceptors (Lipinski definition) is 5. The lowest BCUT2D eigenvalue weighted by Gasteiger charge is -2.37. The molecule has 1 atom stereocenters. The van der Waals surface area contributed by atoms with Crippen LogP contribution in [0.1, 0.15) is 34.7 Å². The monoisotopic (exact) mass is 515 g/mol. The van der Waals surface area contributed by atoms with E-state index in [0.29, 0.717) is 18.0 Å². The second-order valence-corrected chi connectivity index (χ2v) is 9.41. The second-order valence-electron chi connectivity index (χ2n) is 9.41. The highest BCUT2D eigenvalue weighted by Gasteiger charge is 2.28. The van der Waals surface area contributed by atoms with Gasteiger partial charge >= 0.3 is 11.9 Å². The maximum Gasteiger partial charge on any atom is 0.335 e. The lowest BCUT2D eigenvalue weighted by molar-refractivity contribution is -0.129. The van der Waals surface area contributed by atoms with Crippen molar-refractivity contribution in [2.75, 3.05) is 4.90 Å². The molecule has 1 aliphatic rings. The van der Waals surface area contributed by atoms with Crippen molar-refractivity contribution in [3.63, 3.8) is 0 Å². The van der Waals surface area contributed by atoms with Gasteiger partial charge in [-0.15, -0.1) is 0 Å². The highest BCUT2D eigenvalue weighted by atomic mass is 16.5. The molecular formula is C34H29NO4. The average Bonchev–Trinajstić information content (AvgIpc) is 2.96. The standard InChI is InChI=1S/C34H29NO4/c1-4-33(36)38-31-16-8-10-25-27(31)12-6-14-29(25)35(22-24-20-18-23(3)19-21-24)30-15-7-13-28-26(30)11-9-17-32(28)39-34(37)5-2/h4-14,16-21,30H,1-2,15,22H2,3H3. The molecule has 5 rings (SSSR count). The molecule has 0 radical (unpaired) electrons. The molecule has 0 saturated heterocycles. The molecule has 0 amide bonds. The summed E-state index contributed by atoms with van der Waals surface area (Å²) in [6.07, 6.45) is 7.22. The van der Waals surface area contributed by atoms with E-state index in [1.54, 1.807) is 12.1 Å². The van der Waals surface area contributed by atoms with Crippen LogP contribution in [-0.2, 0) is 16.1 Å². The summed E-state index contributed by atoms with van der Waals surface area (Å²) >= 11 is 0. The average molecular weight is 516 g/mol. The zero-order chi connectivity index (χ0) is 27.4. The molecule has 0 fully saturated rings. The van der Waals surface area contributed by atoms with Crippen molar-refractivity contribution in [3.05, 3.63) is 133 Å². The van der Waals surface area contributed by atoms with Gasteiger partial charge in [0.1, 0.15) is 11.5 Å². The van der Waals surface area contributed by atoms with Gasteiger partial charge in [0.2, 0.25) is 0 Å². The molecule has 39 heavy (non-hydrogen) atoms. The molecule has 0 heterocycles. The van der Waals surface area contributed by atoms with Crippen LogP contribution in [0.25, 0.3) is 16.8 Å². The van der Waals surface area contributed by atoms with Gasteiger partial charge in [0, 0.05) is 40.7 Å². The van der Waals surface area contributed by atoms with Gasteiger partial charge in [-0.25, -0.2) is 9.59 Å². The van der Waals surface area contributed by atoms with Crippen molar-refractivity contribution in [1.29, 1.82) is 0 Å². The number of ether oxygens (including phenoxy) is 2. The van der Waals surface area contributed by atoms with Crippen LogP contribution in [0.4, 0.5) is 5.69 Å². The zero-order valence-corrected chi connectivity index (χ0v) is 21.8. The van der Waals surface area contributed by atoms with Gasteiger partial charge in [-0.1, -0.05) is 91.5 Å². The van der Waals surface area contributed by atoms with E-state index in [2.05, 4.69) is 67.5 Å². The van der Waals surface area contributed by atoms with E-state index in [9.17, 15) is 9.59 Å². The molecule has 1 aliphatic carbocycles. The van der Waals surface area contributed by atoms with Gasteiger partial charge in [0.15, 0.2) is 0 Å². The Balaban J connectivity index is 1.66. The Labute approximate surface area is 228 Å². The number of carbonyl (C=O) groups excluding carboxylic acids is 2. The number of hydrogen-bond donors (Lipinski definition) is 0. The summed E-state index contributed by atoms with van der Waals surface area (Å²) in [6.45, 7) is 9.77. The van der Waals surface area contributed by atoms with Crippen molar-refractivity contribution in [2.45, 2.75) is 25.9 Å². The van der Waals surface area contributed by atoms with Gasteiger partial charge in [-0.2, -0.15) is 0 Å². The van der Waals surface area contributed by atoms with Crippen molar-refractivity contribution in [3.8, 4) is 11.5 Å². The topological polar surface area (TPSA) is 55.8 Å². The van der Waals surface area contributed by atoms with Gasteiger partial charge in [-0.05, 0) is 42.7 Å². The van der Waals surface area contributed by atoms with Crippen molar-refractivity contribution in [1.82, 2.24) is 0 Å². The molecule has 0 saturated carbocycles. The Hall–Kier alpha value is -4.90. The van der Waals surface area contributed by atoms with E-state index in [1.807, 2.05) is 36.4 Å². The highest BCUT2D eigenvalue weighted by molar-refractivity contribution is 6.00. The molecule has 4 aromatic carbocycles. The second kappa shape index (κ2) is 11.2. The fourth-order valence-electron chi connectivity index (χ4n) is 5.01. The predicted octanol–water partition coefficient (Wildman–Crippen LogP) is 7.50. The minimum atomic E-state index is -0.502. The summed E-state index contributed by atoms with van der Waals surface area (Å²) in [5, 5.41) is 1.80. The Morgan fingerprint density at radius 2 is 1.49 bits per heavy atom. The van der Waals surface area contributed by atoms with Crippen molar-refractivity contribution < 1.29 is 19.1 Å². The number of esters is 2. The van der Waals surface area contributed by atoms with Gasteiger partial charge in [0.25, 0.3) is 0 Å². The quantitative estimate of drug-likeness (QED) is 0.138. The number of benzene rings is 4. The normalized spacial score (nSPS) is 13.8. The van der Waals surface area contributed by atoms with Crippen molar-refractivity contribution >= 4 is 34.5 Å². The first-order valence-electron chi connectivity index (χ1n) is 12.8. The Morgan fingerprint density at radius 3 is 2.23 bits per heavy atom. The van der Waals surface area contributed by atoms with Crippen LogP contribution < -0.4 is 14.4 Å². The fraction of sp³-hybridized carbons (Fsp3) is 0.118. The summed E-state index contributed by atoms with van der Waals surface area (Å²) in [7, 11) is 0. The van der Waals surface area contributed by atoms with Crippen LogP contribution in [0.5, 0.6) is 11.5 Å². The van der Waals surface area contributed by atoms with Gasteiger partial charge in [-0.3, -0.25) is 0 Å². The summed E-state index contributed by atoms with van der Waals surface area (Å²) in [6, 6.07) is 26.0. The van der Waals surface area contributed by atoms with E-state index in [1.165, 1.54) is 11.6 Å². The first-order chi connectivity index (χ1) is 19.0. The van der Waals surface area contributed by atoms with Crippen LogP contribution in [-0.4, -0.2) is 11.9 Å². The number of fused-ring (bicyclic) bond motifs is 2. The van der Waals surface area contributed by atoms with E-state index >= 15 is 0 Å². The van der Waals surface area contributed by atoms with E-state index < -0.39 is 11.9 Å². The van der Waals surface area contributed by atoms with Crippen LogP contribution in [0.2, 0.25) is 0 Å². The van der Waals surface area contributed by atoms with Crippen LogP contribution in [0.3, 0.4) is 0 Å². The number of rotatable bonds is 8. The van der Waals surface area contributed by atoms with Crippen LogP contribution >= 0.6 is 0 Å². The summed E-state index contributed by atoms with van der Waals surface area (Å²) in [5.41, 5.74) is 5.30. The number of anilines is 1. The molecule has 0 spiro atoms. The summed E-state index contributed by atoms with van der Waals surface area (Å²) in [4.78, 5) is 26.4. The third kappa shape index (κ3) is 5.39. The highest BCUT2D eigenvalue weighted by Crippen LogP contribution is 2.43. The fourth-order valence-corrected chi connectivity index (χ4v) is 5.01.